The van der Waals surface area contributed by atoms with Crippen LogP contribution >= 0.6 is 23.1 Å². The molecule has 0 saturated heterocycles. The van der Waals surface area contributed by atoms with Crippen molar-refractivity contribution in [2.45, 2.75) is 52.9 Å². The predicted octanol–water partition coefficient (Wildman–Crippen LogP) is 5.71. The molecule has 0 aliphatic rings. The van der Waals surface area contributed by atoms with Gasteiger partial charge in [0.1, 0.15) is 10.1 Å². The van der Waals surface area contributed by atoms with Crippen molar-refractivity contribution in [1.82, 2.24) is 4.98 Å². The third-order valence-corrected chi connectivity index (χ3v) is 4.56. The van der Waals surface area contributed by atoms with Gasteiger partial charge < -0.3 is 0 Å². The third-order valence-electron chi connectivity index (χ3n) is 2.65. The Labute approximate surface area is 125 Å². The van der Waals surface area contributed by atoms with Crippen molar-refractivity contribution in [2.75, 3.05) is 0 Å². The summed E-state index contributed by atoms with van der Waals surface area (Å²) >= 11 is 3.12. The van der Waals surface area contributed by atoms with Crippen LogP contribution in [0, 0.1) is 11.3 Å². The second-order valence-corrected chi connectivity index (χ2v) is 7.06. The molecule has 0 spiro atoms. The Hall–Kier alpha value is -0.610. The van der Waals surface area contributed by atoms with Gasteiger partial charge in [0.25, 0.3) is 0 Å². The van der Waals surface area contributed by atoms with Gasteiger partial charge in [0.2, 0.25) is 0 Å². The van der Waals surface area contributed by atoms with Gasteiger partial charge >= 0.3 is 0 Å². The van der Waals surface area contributed by atoms with Gasteiger partial charge in [-0.05, 0) is 30.1 Å². The van der Waals surface area contributed by atoms with Gasteiger partial charge in [-0.15, -0.1) is 11.3 Å². The fraction of sp³-hybridized carbons (Fsp3) is 0.600. The number of allylic oxidation sites excluding steroid dienone is 2. The summed E-state index contributed by atoms with van der Waals surface area (Å²) < 4.78 is 0. The predicted molar refractivity (Wildman–Crippen MR) is 88.2 cm³/mol. The van der Waals surface area contributed by atoms with Gasteiger partial charge in [-0.25, -0.2) is 4.98 Å². The topological polar surface area (TPSA) is 36.7 Å². The van der Waals surface area contributed by atoms with Crippen molar-refractivity contribution in [3.63, 3.8) is 0 Å². The molecule has 19 heavy (non-hydrogen) atoms. The maximum Gasteiger partial charge on any atom is 0.147 e. The van der Waals surface area contributed by atoms with E-state index in [1.54, 1.807) is 29.3 Å². The monoisotopic (exact) mass is 296 g/mol. The lowest BCUT2D eigenvalue weighted by Crippen LogP contribution is -1.96. The third kappa shape index (κ3) is 6.92. The molecule has 1 rings (SSSR count). The molecule has 0 aliphatic carbocycles. The highest BCUT2D eigenvalue weighted by atomic mass is 32.2. The van der Waals surface area contributed by atoms with Crippen LogP contribution in [0.2, 0.25) is 0 Å². The molecule has 2 nitrogen and oxygen atoms in total. The molecule has 1 aromatic heterocycles. The molecule has 4 heteroatoms. The molecule has 1 N–H and O–H groups in total. The van der Waals surface area contributed by atoms with E-state index in [2.05, 4.69) is 31.8 Å². The summed E-state index contributed by atoms with van der Waals surface area (Å²) in [5.74, 6) is 0.633. The van der Waals surface area contributed by atoms with Crippen molar-refractivity contribution in [3.05, 3.63) is 27.6 Å². The minimum Gasteiger partial charge on any atom is -0.291 e. The van der Waals surface area contributed by atoms with Gasteiger partial charge in [-0.3, -0.25) is 5.41 Å². The number of aromatic nitrogens is 1. The molecule has 0 aromatic carbocycles. The number of unbranched alkanes of at least 4 members (excludes halogenated alkanes) is 3. The zero-order valence-corrected chi connectivity index (χ0v) is 13.7. The van der Waals surface area contributed by atoms with Crippen LogP contribution in [0.4, 0.5) is 0 Å². The standard InChI is InChI=1S/C15H24N2S2/c1-4-5-6-7-8-13(11-12(2)3)19-14(16)15-17-9-10-18-15/h8-10,12,16H,4-7,11H2,1-3H3/b13-8+,16-14?. The quantitative estimate of drug-likeness (QED) is 0.379. The first-order valence-corrected chi connectivity index (χ1v) is 8.68. The zero-order chi connectivity index (χ0) is 14.1. The normalized spacial score (nSPS) is 12.1. The maximum absolute atomic E-state index is 8.11. The Morgan fingerprint density at radius 2 is 2.26 bits per heavy atom. The molecule has 1 heterocycles. The number of rotatable bonds is 8. The summed E-state index contributed by atoms with van der Waals surface area (Å²) in [5.41, 5.74) is 0. The molecule has 0 unspecified atom stereocenters. The summed E-state index contributed by atoms with van der Waals surface area (Å²) in [6.07, 6.45) is 10.1. The van der Waals surface area contributed by atoms with Gasteiger partial charge in [-0.2, -0.15) is 0 Å². The number of nitrogens with zero attached hydrogens (tertiary/aromatic N) is 1. The second kappa shape index (κ2) is 9.32. The van der Waals surface area contributed by atoms with Crippen molar-refractivity contribution in [1.29, 1.82) is 5.41 Å². The van der Waals surface area contributed by atoms with E-state index in [-0.39, 0.29) is 0 Å². The van der Waals surface area contributed by atoms with Crippen LogP contribution in [0.5, 0.6) is 0 Å². The molecule has 0 fully saturated rings. The smallest absolute Gasteiger partial charge is 0.147 e. The van der Waals surface area contributed by atoms with Crippen LogP contribution in [0.1, 0.15) is 57.9 Å². The van der Waals surface area contributed by atoms with Crippen molar-refractivity contribution < 1.29 is 0 Å². The summed E-state index contributed by atoms with van der Waals surface area (Å²) in [7, 11) is 0. The molecular formula is C15H24N2S2. The van der Waals surface area contributed by atoms with Crippen LogP contribution in [0.3, 0.4) is 0 Å². The number of thioether (sulfide) groups is 1. The SMILES string of the molecule is CCCCC/C=C(\CC(C)C)SC(=N)c1nccs1. The molecule has 0 radical (unpaired) electrons. The van der Waals surface area contributed by atoms with Crippen molar-refractivity contribution >= 4 is 28.1 Å². The van der Waals surface area contributed by atoms with Crippen LogP contribution in [-0.4, -0.2) is 10.0 Å². The Balaban J connectivity index is 2.56. The minimum absolute atomic E-state index is 0.581. The van der Waals surface area contributed by atoms with Crippen LogP contribution in [0.25, 0.3) is 0 Å². The van der Waals surface area contributed by atoms with Crippen molar-refractivity contribution in [3.8, 4) is 0 Å². The van der Waals surface area contributed by atoms with Crippen molar-refractivity contribution in [2.24, 2.45) is 5.92 Å². The number of thiazole rings is 1. The fourth-order valence-electron chi connectivity index (χ4n) is 1.74. The highest BCUT2D eigenvalue weighted by Crippen LogP contribution is 2.28. The van der Waals surface area contributed by atoms with Gasteiger partial charge in [-0.1, -0.05) is 51.5 Å². The first-order valence-electron chi connectivity index (χ1n) is 6.98. The summed E-state index contributed by atoms with van der Waals surface area (Å²) in [4.78, 5) is 5.53. The van der Waals surface area contributed by atoms with Gasteiger partial charge in [0.05, 0.1) is 0 Å². The Kier molecular flexibility index (Phi) is 8.07. The van der Waals surface area contributed by atoms with E-state index in [1.165, 1.54) is 24.2 Å². The van der Waals surface area contributed by atoms with Gasteiger partial charge in [0.15, 0.2) is 0 Å². The minimum atomic E-state index is 0.581. The van der Waals surface area contributed by atoms with E-state index < -0.39 is 0 Å². The number of hydrogen-bond acceptors (Lipinski definition) is 4. The highest BCUT2D eigenvalue weighted by Gasteiger charge is 2.10. The second-order valence-electron chi connectivity index (χ2n) is 5.03. The lowest BCUT2D eigenvalue weighted by atomic mass is 10.1. The van der Waals surface area contributed by atoms with Crippen LogP contribution in [-0.2, 0) is 0 Å². The van der Waals surface area contributed by atoms with E-state index in [0.717, 1.165) is 17.8 Å². The first-order chi connectivity index (χ1) is 9.13. The zero-order valence-electron chi connectivity index (χ0n) is 12.1. The van der Waals surface area contributed by atoms with E-state index in [4.69, 9.17) is 5.41 Å². The first kappa shape index (κ1) is 16.4. The number of nitrogens with one attached hydrogen (secondary N) is 1. The average Bonchev–Trinajstić information content (AvgIpc) is 2.87. The largest absolute Gasteiger partial charge is 0.291 e. The van der Waals surface area contributed by atoms with Crippen LogP contribution in [0.15, 0.2) is 22.6 Å². The number of hydrogen-bond donors (Lipinski definition) is 1. The van der Waals surface area contributed by atoms with E-state index in [0.29, 0.717) is 11.0 Å². The summed E-state index contributed by atoms with van der Waals surface area (Å²) in [6, 6.07) is 0. The molecule has 0 bridgehead atoms. The molecular weight excluding hydrogens is 272 g/mol. The van der Waals surface area contributed by atoms with Crippen LogP contribution < -0.4 is 0 Å². The molecule has 0 aliphatic heterocycles. The fourth-order valence-corrected chi connectivity index (χ4v) is 3.51. The summed E-state index contributed by atoms with van der Waals surface area (Å²) in [6.45, 7) is 6.69. The molecule has 1 aromatic rings. The summed E-state index contributed by atoms with van der Waals surface area (Å²) in [5, 5.41) is 11.4. The molecule has 0 saturated carbocycles. The van der Waals surface area contributed by atoms with E-state index in [9.17, 15) is 0 Å². The molecule has 0 amide bonds. The Bertz CT molecular complexity index is 394. The van der Waals surface area contributed by atoms with Gasteiger partial charge in [0, 0.05) is 11.6 Å². The lowest BCUT2D eigenvalue weighted by Gasteiger charge is -2.10. The molecule has 106 valence electrons. The van der Waals surface area contributed by atoms with E-state index >= 15 is 0 Å². The molecule has 0 atom stereocenters. The van der Waals surface area contributed by atoms with E-state index in [1.807, 2.05) is 5.38 Å². The maximum atomic E-state index is 8.11. The Morgan fingerprint density at radius 3 is 2.84 bits per heavy atom. The Morgan fingerprint density at radius 1 is 1.47 bits per heavy atom. The lowest BCUT2D eigenvalue weighted by molar-refractivity contribution is 0.654. The average molecular weight is 297 g/mol. The highest BCUT2D eigenvalue weighted by molar-refractivity contribution is 8.17.